The summed E-state index contributed by atoms with van der Waals surface area (Å²) in [5.74, 6) is 0. The van der Waals surface area contributed by atoms with Crippen LogP contribution in [0.15, 0.2) is 70.7 Å². The van der Waals surface area contributed by atoms with Crippen molar-refractivity contribution >= 4 is 34.4 Å². The van der Waals surface area contributed by atoms with E-state index in [0.717, 1.165) is 22.2 Å². The first-order valence-corrected chi connectivity index (χ1v) is 8.72. The summed E-state index contributed by atoms with van der Waals surface area (Å²) in [4.78, 5) is 15.8. The number of aromatic amines is 1. The zero-order chi connectivity index (χ0) is 18.8. The summed E-state index contributed by atoms with van der Waals surface area (Å²) in [6.07, 6.45) is 3.18. The van der Waals surface area contributed by atoms with E-state index in [-0.39, 0.29) is 5.02 Å². The highest BCUT2D eigenvalue weighted by Crippen LogP contribution is 2.21. The van der Waals surface area contributed by atoms with E-state index in [4.69, 9.17) is 11.6 Å². The molecule has 0 bridgehead atoms. The van der Waals surface area contributed by atoms with Crippen LogP contribution in [0.25, 0.3) is 16.6 Å². The Kier molecular flexibility index (Phi) is 4.48. The van der Waals surface area contributed by atoms with Crippen LogP contribution in [-0.2, 0) is 0 Å². The zero-order valence-electron chi connectivity index (χ0n) is 14.5. The van der Waals surface area contributed by atoms with E-state index in [9.17, 15) is 4.79 Å². The second kappa shape index (κ2) is 7.09. The SMILES string of the molecule is Cc1[nH]c2ccccc2c1/C=N\Nc1cnn(-c2ccccc2)c(=O)c1Cl. The summed E-state index contributed by atoms with van der Waals surface area (Å²) in [6.45, 7) is 1.98. The standard InChI is InChI=1S/C20H16ClN5O/c1-13-16(15-9-5-6-10-17(15)24-13)11-22-25-18-12-23-26(20(27)19(18)21)14-7-3-2-4-8-14/h2-12,24-25H,1H3/b22-11-. The average Bonchev–Trinajstić information content (AvgIpc) is 3.01. The lowest BCUT2D eigenvalue weighted by atomic mass is 10.1. The van der Waals surface area contributed by atoms with Crippen molar-refractivity contribution in [1.82, 2.24) is 14.8 Å². The van der Waals surface area contributed by atoms with Gasteiger partial charge < -0.3 is 4.98 Å². The van der Waals surface area contributed by atoms with Crippen LogP contribution in [0.1, 0.15) is 11.3 Å². The second-order valence-electron chi connectivity index (χ2n) is 6.00. The van der Waals surface area contributed by atoms with Crippen LogP contribution in [0, 0.1) is 6.92 Å². The number of halogens is 1. The van der Waals surface area contributed by atoms with Crippen molar-refractivity contribution in [3.63, 3.8) is 0 Å². The Morgan fingerprint density at radius 1 is 1.15 bits per heavy atom. The molecule has 2 aromatic heterocycles. The Labute approximate surface area is 160 Å². The Hall–Kier alpha value is -3.38. The molecule has 27 heavy (non-hydrogen) atoms. The van der Waals surface area contributed by atoms with Gasteiger partial charge in [-0.15, -0.1) is 0 Å². The average molecular weight is 378 g/mol. The molecule has 134 valence electrons. The van der Waals surface area contributed by atoms with Gasteiger partial charge in [-0.1, -0.05) is 48.0 Å². The molecule has 0 saturated carbocycles. The fraction of sp³-hybridized carbons (Fsp3) is 0.0500. The van der Waals surface area contributed by atoms with Crippen LogP contribution in [0.5, 0.6) is 0 Å². The number of hydrogen-bond donors (Lipinski definition) is 2. The molecule has 0 atom stereocenters. The fourth-order valence-corrected chi connectivity index (χ4v) is 3.07. The first-order valence-electron chi connectivity index (χ1n) is 8.35. The Bertz CT molecular complexity index is 1190. The number of hydrogen-bond acceptors (Lipinski definition) is 4. The van der Waals surface area contributed by atoms with Crippen LogP contribution in [0.2, 0.25) is 5.02 Å². The van der Waals surface area contributed by atoms with Gasteiger partial charge in [0.05, 0.1) is 18.1 Å². The number of aryl methyl sites for hydroxylation is 1. The monoisotopic (exact) mass is 377 g/mol. The van der Waals surface area contributed by atoms with E-state index in [1.165, 1.54) is 10.9 Å². The summed E-state index contributed by atoms with van der Waals surface area (Å²) >= 11 is 6.22. The molecular weight excluding hydrogens is 362 g/mol. The molecule has 0 aliphatic rings. The van der Waals surface area contributed by atoms with Crippen LogP contribution >= 0.6 is 11.6 Å². The Morgan fingerprint density at radius 3 is 2.70 bits per heavy atom. The lowest BCUT2D eigenvalue weighted by molar-refractivity contribution is 0.808. The van der Waals surface area contributed by atoms with Crippen molar-refractivity contribution in [2.75, 3.05) is 5.43 Å². The van der Waals surface area contributed by atoms with E-state index in [1.807, 2.05) is 49.4 Å². The van der Waals surface area contributed by atoms with Crippen molar-refractivity contribution in [2.24, 2.45) is 5.10 Å². The number of nitrogens with zero attached hydrogens (tertiary/aromatic N) is 3. The molecule has 7 heteroatoms. The first-order chi connectivity index (χ1) is 13.1. The van der Waals surface area contributed by atoms with Crippen LogP contribution < -0.4 is 11.0 Å². The molecule has 2 heterocycles. The smallest absolute Gasteiger partial charge is 0.292 e. The highest BCUT2D eigenvalue weighted by molar-refractivity contribution is 6.33. The van der Waals surface area contributed by atoms with Crippen molar-refractivity contribution < 1.29 is 0 Å². The van der Waals surface area contributed by atoms with Gasteiger partial charge in [0.1, 0.15) is 10.7 Å². The summed E-state index contributed by atoms with van der Waals surface area (Å²) in [6, 6.07) is 17.1. The van der Waals surface area contributed by atoms with Crippen molar-refractivity contribution in [1.29, 1.82) is 0 Å². The van der Waals surface area contributed by atoms with E-state index >= 15 is 0 Å². The van der Waals surface area contributed by atoms with E-state index in [1.54, 1.807) is 18.3 Å². The predicted molar refractivity (Wildman–Crippen MR) is 109 cm³/mol. The third kappa shape index (κ3) is 3.22. The van der Waals surface area contributed by atoms with Crippen LogP contribution in [0.4, 0.5) is 5.69 Å². The summed E-state index contributed by atoms with van der Waals surface area (Å²) in [5.41, 5.74) is 6.42. The topological polar surface area (TPSA) is 75.1 Å². The molecule has 0 aliphatic heterocycles. The predicted octanol–water partition coefficient (Wildman–Crippen LogP) is 4.12. The normalized spacial score (nSPS) is 11.3. The number of anilines is 1. The molecule has 4 aromatic rings. The number of rotatable bonds is 4. The highest BCUT2D eigenvalue weighted by atomic mass is 35.5. The lowest BCUT2D eigenvalue weighted by Gasteiger charge is -2.07. The quantitative estimate of drug-likeness (QED) is 0.415. The number of para-hydroxylation sites is 2. The van der Waals surface area contributed by atoms with Crippen molar-refractivity contribution in [3.05, 3.63) is 87.4 Å². The molecule has 0 saturated heterocycles. The van der Waals surface area contributed by atoms with Gasteiger partial charge in [-0.2, -0.15) is 14.9 Å². The zero-order valence-corrected chi connectivity index (χ0v) is 15.2. The number of H-pyrrole nitrogens is 1. The van der Waals surface area contributed by atoms with Gasteiger partial charge >= 0.3 is 0 Å². The molecule has 0 unspecified atom stereocenters. The van der Waals surface area contributed by atoms with Gasteiger partial charge in [0, 0.05) is 22.2 Å². The fourth-order valence-electron chi connectivity index (χ4n) is 2.89. The molecular formula is C20H16ClN5O. The molecule has 0 amide bonds. The summed E-state index contributed by atoms with van der Waals surface area (Å²) in [5, 5.41) is 9.50. The number of benzene rings is 2. The number of hydrazone groups is 1. The molecule has 0 radical (unpaired) electrons. The van der Waals surface area contributed by atoms with Gasteiger partial charge in [-0.25, -0.2) is 0 Å². The minimum atomic E-state index is -0.411. The van der Waals surface area contributed by atoms with E-state index < -0.39 is 5.56 Å². The van der Waals surface area contributed by atoms with Crippen molar-refractivity contribution in [3.8, 4) is 5.69 Å². The maximum atomic E-state index is 12.5. The maximum Gasteiger partial charge on any atom is 0.292 e. The summed E-state index contributed by atoms with van der Waals surface area (Å²) in [7, 11) is 0. The van der Waals surface area contributed by atoms with Gasteiger partial charge in [0.25, 0.3) is 5.56 Å². The van der Waals surface area contributed by atoms with Crippen LogP contribution in [0.3, 0.4) is 0 Å². The highest BCUT2D eigenvalue weighted by Gasteiger charge is 2.10. The Balaban J connectivity index is 1.62. The third-order valence-corrected chi connectivity index (χ3v) is 4.61. The number of nitrogens with one attached hydrogen (secondary N) is 2. The van der Waals surface area contributed by atoms with Gasteiger partial charge in [0.2, 0.25) is 0 Å². The Morgan fingerprint density at radius 2 is 1.89 bits per heavy atom. The maximum absolute atomic E-state index is 12.5. The van der Waals surface area contributed by atoms with Gasteiger partial charge in [-0.3, -0.25) is 10.2 Å². The molecule has 4 rings (SSSR count). The minimum Gasteiger partial charge on any atom is -0.358 e. The number of aromatic nitrogens is 3. The molecule has 2 N–H and O–H groups in total. The molecule has 0 spiro atoms. The van der Waals surface area contributed by atoms with Gasteiger partial charge in [-0.05, 0) is 25.1 Å². The molecule has 6 nitrogen and oxygen atoms in total. The van der Waals surface area contributed by atoms with E-state index in [0.29, 0.717) is 11.4 Å². The third-order valence-electron chi connectivity index (χ3n) is 4.24. The summed E-state index contributed by atoms with van der Waals surface area (Å²) < 4.78 is 1.25. The number of fused-ring (bicyclic) bond motifs is 1. The molecule has 2 aromatic carbocycles. The second-order valence-corrected chi connectivity index (χ2v) is 6.38. The van der Waals surface area contributed by atoms with Crippen molar-refractivity contribution in [2.45, 2.75) is 6.92 Å². The minimum absolute atomic E-state index is 0.0293. The van der Waals surface area contributed by atoms with Crippen LogP contribution in [-0.4, -0.2) is 21.0 Å². The van der Waals surface area contributed by atoms with Gasteiger partial charge in [0.15, 0.2) is 0 Å². The molecule has 0 fully saturated rings. The largest absolute Gasteiger partial charge is 0.358 e. The lowest BCUT2D eigenvalue weighted by Crippen LogP contribution is -2.22. The molecule has 0 aliphatic carbocycles. The van der Waals surface area contributed by atoms with E-state index in [2.05, 4.69) is 20.6 Å². The first kappa shape index (κ1) is 17.1.